The van der Waals surface area contributed by atoms with Crippen molar-refractivity contribution in [2.75, 3.05) is 6.61 Å². The third-order valence-electron chi connectivity index (χ3n) is 8.79. The van der Waals surface area contributed by atoms with Crippen molar-refractivity contribution in [3.05, 3.63) is 0 Å². The Labute approximate surface area is 170 Å². The molecular formula is C21H32O8. The molecule has 8 heteroatoms. The van der Waals surface area contributed by atoms with Crippen LogP contribution in [0, 0.1) is 28.1 Å². The molecule has 4 aliphatic heterocycles. The molecule has 0 aromatic heterocycles. The number of hydrogen-bond donors (Lipinski definition) is 3. The third kappa shape index (κ3) is 2.13. The zero-order chi connectivity index (χ0) is 21.1. The second-order valence-corrected chi connectivity index (χ2v) is 11.0. The lowest BCUT2D eigenvalue weighted by molar-refractivity contribution is -0.208. The molecule has 5 aliphatic rings. The van der Waals surface area contributed by atoms with Crippen LogP contribution in [-0.4, -0.2) is 70.5 Å². The Kier molecular flexibility index (Phi) is 3.97. The third-order valence-corrected chi connectivity index (χ3v) is 8.79. The van der Waals surface area contributed by atoms with Crippen molar-refractivity contribution in [1.82, 2.24) is 0 Å². The number of hydrogen-bond acceptors (Lipinski definition) is 8. The maximum Gasteiger partial charge on any atom is 0.336 e. The van der Waals surface area contributed by atoms with E-state index in [0.717, 1.165) is 0 Å². The molecule has 5 fully saturated rings. The van der Waals surface area contributed by atoms with E-state index in [9.17, 15) is 20.1 Å². The van der Waals surface area contributed by atoms with Gasteiger partial charge in [0.15, 0.2) is 18.7 Å². The molecule has 1 spiro atoms. The van der Waals surface area contributed by atoms with Crippen molar-refractivity contribution in [3.63, 3.8) is 0 Å². The van der Waals surface area contributed by atoms with Gasteiger partial charge in [0.25, 0.3) is 0 Å². The van der Waals surface area contributed by atoms with Crippen molar-refractivity contribution in [1.29, 1.82) is 0 Å². The summed E-state index contributed by atoms with van der Waals surface area (Å²) < 4.78 is 23.5. The fourth-order valence-electron chi connectivity index (χ4n) is 7.16. The van der Waals surface area contributed by atoms with Gasteiger partial charge in [-0.2, -0.15) is 0 Å². The number of carbonyl (C=O) groups is 1. The molecule has 0 radical (unpaired) electrons. The van der Waals surface area contributed by atoms with Crippen molar-refractivity contribution >= 4 is 5.97 Å². The van der Waals surface area contributed by atoms with Crippen LogP contribution >= 0.6 is 0 Å². The van der Waals surface area contributed by atoms with Gasteiger partial charge in [-0.3, -0.25) is 0 Å². The van der Waals surface area contributed by atoms with E-state index in [1.165, 1.54) is 0 Å². The van der Waals surface area contributed by atoms with Crippen LogP contribution in [0.2, 0.25) is 0 Å². The minimum Gasteiger partial charge on any atom is -0.460 e. The van der Waals surface area contributed by atoms with Crippen LogP contribution in [0.5, 0.6) is 0 Å². The van der Waals surface area contributed by atoms with E-state index >= 15 is 0 Å². The second-order valence-electron chi connectivity index (χ2n) is 11.0. The quantitative estimate of drug-likeness (QED) is 0.564. The van der Waals surface area contributed by atoms with Gasteiger partial charge in [-0.25, -0.2) is 4.79 Å². The van der Waals surface area contributed by atoms with Crippen LogP contribution in [0.3, 0.4) is 0 Å². The van der Waals surface area contributed by atoms with Gasteiger partial charge in [-0.1, -0.05) is 27.7 Å². The second kappa shape index (κ2) is 5.72. The molecule has 29 heavy (non-hydrogen) atoms. The van der Waals surface area contributed by atoms with Gasteiger partial charge in [0.1, 0.15) is 12.2 Å². The highest BCUT2D eigenvalue weighted by molar-refractivity contribution is 5.80. The predicted molar refractivity (Wildman–Crippen MR) is 98.2 cm³/mol. The molecule has 0 aromatic carbocycles. The predicted octanol–water partition coefficient (Wildman–Crippen LogP) is 0.561. The minimum absolute atomic E-state index is 0.0672. The van der Waals surface area contributed by atoms with E-state index in [1.54, 1.807) is 6.92 Å². The first-order valence-electron chi connectivity index (χ1n) is 10.6. The number of aliphatic hydroxyl groups excluding tert-OH is 2. The number of rotatable bonds is 2. The van der Waals surface area contributed by atoms with Crippen LogP contribution in [-0.2, 0) is 23.7 Å². The summed E-state index contributed by atoms with van der Waals surface area (Å²) in [5, 5.41) is 32.9. The summed E-state index contributed by atoms with van der Waals surface area (Å²) in [6, 6.07) is 0. The number of aliphatic hydroxyl groups is 3. The van der Waals surface area contributed by atoms with E-state index in [-0.39, 0.29) is 17.3 Å². The summed E-state index contributed by atoms with van der Waals surface area (Å²) >= 11 is 0. The molecule has 4 saturated heterocycles. The van der Waals surface area contributed by atoms with Crippen molar-refractivity contribution in [2.45, 2.75) is 90.1 Å². The van der Waals surface area contributed by atoms with Gasteiger partial charge in [0.05, 0.1) is 29.1 Å². The normalized spacial score (nSPS) is 58.6. The van der Waals surface area contributed by atoms with Crippen molar-refractivity contribution in [3.8, 4) is 0 Å². The van der Waals surface area contributed by atoms with Crippen LogP contribution < -0.4 is 0 Å². The number of carbonyl (C=O) groups excluding carboxylic acids is 1. The van der Waals surface area contributed by atoms with Gasteiger partial charge in [-0.05, 0) is 31.1 Å². The Bertz CT molecular complexity index is 731. The van der Waals surface area contributed by atoms with Crippen LogP contribution in [0.1, 0.15) is 47.5 Å². The average Bonchev–Trinajstić information content (AvgIpc) is 3.28. The molecule has 6 unspecified atom stereocenters. The monoisotopic (exact) mass is 412 g/mol. The zero-order valence-corrected chi connectivity index (χ0v) is 17.6. The Morgan fingerprint density at radius 1 is 1.21 bits per heavy atom. The van der Waals surface area contributed by atoms with Gasteiger partial charge in [0, 0.05) is 5.92 Å². The molecule has 1 saturated carbocycles. The minimum atomic E-state index is -1.40. The average molecular weight is 412 g/mol. The molecule has 1 aliphatic carbocycles. The highest BCUT2D eigenvalue weighted by atomic mass is 16.8. The van der Waals surface area contributed by atoms with Crippen LogP contribution in [0.15, 0.2) is 0 Å². The summed E-state index contributed by atoms with van der Waals surface area (Å²) in [5.41, 5.74) is -3.32. The maximum atomic E-state index is 12.8. The molecule has 5 rings (SSSR count). The fourth-order valence-corrected chi connectivity index (χ4v) is 7.16. The Morgan fingerprint density at radius 2 is 1.90 bits per heavy atom. The fraction of sp³-hybridized carbons (Fsp3) is 0.952. The van der Waals surface area contributed by atoms with E-state index in [0.29, 0.717) is 19.4 Å². The van der Waals surface area contributed by atoms with E-state index in [4.69, 9.17) is 18.9 Å². The van der Waals surface area contributed by atoms with Crippen molar-refractivity contribution in [2.24, 2.45) is 28.1 Å². The van der Waals surface area contributed by atoms with Gasteiger partial charge in [0.2, 0.25) is 0 Å². The lowest BCUT2D eigenvalue weighted by Gasteiger charge is -2.48. The largest absolute Gasteiger partial charge is 0.460 e. The molecule has 0 amide bonds. The van der Waals surface area contributed by atoms with Gasteiger partial charge < -0.3 is 34.3 Å². The molecular weight excluding hydrogens is 380 g/mol. The van der Waals surface area contributed by atoms with E-state index < -0.39 is 59.4 Å². The van der Waals surface area contributed by atoms with Crippen LogP contribution in [0.25, 0.3) is 0 Å². The highest BCUT2D eigenvalue weighted by Gasteiger charge is 2.87. The topological polar surface area (TPSA) is 115 Å². The molecule has 0 bridgehead atoms. The molecule has 11 atom stereocenters. The molecule has 164 valence electrons. The Morgan fingerprint density at radius 3 is 2.48 bits per heavy atom. The number of esters is 1. The maximum absolute atomic E-state index is 12.8. The first kappa shape index (κ1) is 20.2. The molecule has 0 aromatic rings. The highest BCUT2D eigenvalue weighted by Crippen LogP contribution is 2.76. The lowest BCUT2D eigenvalue weighted by atomic mass is 9.52. The molecule has 4 heterocycles. The summed E-state index contributed by atoms with van der Waals surface area (Å²) in [6.45, 7) is 10.3. The lowest BCUT2D eigenvalue weighted by Crippen LogP contribution is -2.58. The number of ether oxygens (including phenoxy) is 4. The smallest absolute Gasteiger partial charge is 0.336 e. The summed E-state index contributed by atoms with van der Waals surface area (Å²) in [4.78, 5) is 12.8. The van der Waals surface area contributed by atoms with E-state index in [2.05, 4.69) is 20.8 Å². The Hall–Kier alpha value is -0.770. The molecule has 3 N–H and O–H groups in total. The summed E-state index contributed by atoms with van der Waals surface area (Å²) in [6.07, 6.45) is -4.66. The first-order chi connectivity index (χ1) is 13.4. The van der Waals surface area contributed by atoms with E-state index in [1.807, 2.05) is 6.92 Å². The summed E-state index contributed by atoms with van der Waals surface area (Å²) in [5.74, 6) is -0.659. The standard InChI is InChI=1S/C21H32O8/c1-9-8-26-12(19(9,5)25)7-20-11-6-10(18(2,3)4)21(20)13(22)15(23)29-17(21)28-14(20)16(24)27-11/h9-15,17,22-23,25H,6-8H2,1-5H3/t9-,10+,11?,12?,13+,14?,15+,17?,19-,20?,21?/m1/s1. The van der Waals surface area contributed by atoms with Crippen molar-refractivity contribution < 1.29 is 39.1 Å². The first-order valence-corrected chi connectivity index (χ1v) is 10.6. The van der Waals surface area contributed by atoms with Crippen LogP contribution in [0.4, 0.5) is 0 Å². The summed E-state index contributed by atoms with van der Waals surface area (Å²) in [7, 11) is 0. The molecule has 8 nitrogen and oxygen atoms in total. The van der Waals surface area contributed by atoms with Gasteiger partial charge in [-0.15, -0.1) is 0 Å². The van der Waals surface area contributed by atoms with Gasteiger partial charge >= 0.3 is 5.97 Å². The zero-order valence-electron chi connectivity index (χ0n) is 17.6. The SMILES string of the molecule is C[C@@H]1COC(CC23C4C[C@@H](C(C)(C)C)C25C(OC3C(=O)O4)O[C@H](O)[C@@H]5O)[C@]1(C)O. The Balaban J connectivity index is 1.68.